The Morgan fingerprint density at radius 2 is 1.83 bits per heavy atom. The summed E-state index contributed by atoms with van der Waals surface area (Å²) in [5, 5.41) is 9.36. The van der Waals surface area contributed by atoms with Gasteiger partial charge in [-0.3, -0.25) is 4.79 Å². The molecule has 0 saturated heterocycles. The fourth-order valence-electron chi connectivity index (χ4n) is 2.20. The molecule has 2 nitrogen and oxygen atoms in total. The van der Waals surface area contributed by atoms with Gasteiger partial charge >= 0.3 is 6.18 Å². The van der Waals surface area contributed by atoms with Crippen LogP contribution in [0.15, 0.2) is 36.1 Å². The molecule has 2 rings (SSSR count). The lowest BCUT2D eigenvalue weighted by Gasteiger charge is -2.23. The molecule has 0 aliphatic heterocycles. The van der Waals surface area contributed by atoms with Crippen molar-refractivity contribution in [2.75, 3.05) is 0 Å². The van der Waals surface area contributed by atoms with Gasteiger partial charge in [-0.25, -0.2) is 0 Å². The van der Waals surface area contributed by atoms with Crippen LogP contribution in [0.3, 0.4) is 0 Å². The third kappa shape index (κ3) is 2.55. The molecule has 5 heteroatoms. The molecule has 1 N–H and O–H groups in total. The molecule has 0 bridgehead atoms. The first kappa shape index (κ1) is 12.7. The number of alkyl halides is 3. The second-order valence-corrected chi connectivity index (χ2v) is 4.29. The highest BCUT2D eigenvalue weighted by atomic mass is 19.4. The van der Waals surface area contributed by atoms with Crippen LogP contribution in [0, 0.1) is 0 Å². The van der Waals surface area contributed by atoms with Crippen LogP contribution in [0.2, 0.25) is 0 Å². The summed E-state index contributed by atoms with van der Waals surface area (Å²) in [4.78, 5) is 11.3. The van der Waals surface area contributed by atoms with Gasteiger partial charge in [-0.15, -0.1) is 0 Å². The van der Waals surface area contributed by atoms with E-state index in [4.69, 9.17) is 0 Å². The molecule has 0 radical (unpaired) electrons. The van der Waals surface area contributed by atoms with E-state index in [-0.39, 0.29) is 29.9 Å². The van der Waals surface area contributed by atoms with Crippen molar-refractivity contribution in [2.24, 2.45) is 0 Å². The Kier molecular flexibility index (Phi) is 3.15. The Morgan fingerprint density at radius 1 is 1.17 bits per heavy atom. The van der Waals surface area contributed by atoms with E-state index < -0.39 is 17.7 Å². The van der Waals surface area contributed by atoms with Crippen LogP contribution < -0.4 is 0 Å². The van der Waals surface area contributed by atoms with E-state index in [1.807, 2.05) is 0 Å². The van der Waals surface area contributed by atoms with E-state index in [1.54, 1.807) is 0 Å². The zero-order chi connectivity index (χ0) is 13.3. The van der Waals surface area contributed by atoms with Crippen molar-refractivity contribution in [3.8, 4) is 0 Å². The zero-order valence-electron chi connectivity index (χ0n) is 9.37. The van der Waals surface area contributed by atoms with E-state index in [9.17, 15) is 23.1 Å². The minimum atomic E-state index is -4.45. The fourth-order valence-corrected chi connectivity index (χ4v) is 2.20. The van der Waals surface area contributed by atoms with Crippen molar-refractivity contribution >= 4 is 5.78 Å². The van der Waals surface area contributed by atoms with Crippen molar-refractivity contribution in [2.45, 2.75) is 24.9 Å². The first-order chi connectivity index (χ1) is 8.38. The largest absolute Gasteiger partial charge is 0.512 e. The van der Waals surface area contributed by atoms with Gasteiger partial charge < -0.3 is 5.11 Å². The molecule has 0 heterocycles. The standard InChI is InChI=1S/C13H11F3O2/c14-13(15,16)12-4-2-1-3-11(12)8-5-9(17)7-10(18)6-8/h1-4,7-8,17H,5-6H2/t8-/m1/s1. The minimum Gasteiger partial charge on any atom is -0.512 e. The molecule has 1 aromatic rings. The Bertz CT molecular complexity index is 503. The lowest BCUT2D eigenvalue weighted by molar-refractivity contribution is -0.138. The number of halogens is 3. The smallest absolute Gasteiger partial charge is 0.416 e. The van der Waals surface area contributed by atoms with Gasteiger partial charge in [0.15, 0.2) is 5.78 Å². The van der Waals surface area contributed by atoms with Gasteiger partial charge in [-0.2, -0.15) is 13.2 Å². The molecule has 18 heavy (non-hydrogen) atoms. The number of hydrogen-bond acceptors (Lipinski definition) is 2. The van der Waals surface area contributed by atoms with Crippen LogP contribution in [-0.4, -0.2) is 10.9 Å². The number of allylic oxidation sites excluding steroid dienone is 2. The lowest BCUT2D eigenvalue weighted by Crippen LogP contribution is -2.17. The normalized spacial score (nSPS) is 20.7. The molecule has 96 valence electrons. The summed E-state index contributed by atoms with van der Waals surface area (Å²) < 4.78 is 38.5. The first-order valence-electron chi connectivity index (χ1n) is 5.46. The molecule has 1 aliphatic carbocycles. The first-order valence-corrected chi connectivity index (χ1v) is 5.46. The Balaban J connectivity index is 2.40. The minimum absolute atomic E-state index is 0.00282. The number of rotatable bonds is 1. The quantitative estimate of drug-likeness (QED) is 0.833. The third-order valence-corrected chi connectivity index (χ3v) is 2.94. The summed E-state index contributed by atoms with van der Waals surface area (Å²) in [6, 6.07) is 5.17. The summed E-state index contributed by atoms with van der Waals surface area (Å²) in [7, 11) is 0. The van der Waals surface area contributed by atoms with Crippen LogP contribution in [0.1, 0.15) is 29.9 Å². The van der Waals surface area contributed by atoms with E-state index in [1.165, 1.54) is 18.2 Å². The summed E-state index contributed by atoms with van der Waals surface area (Å²) in [5.41, 5.74) is -0.671. The number of carbonyl (C=O) groups excluding carboxylic acids is 1. The number of hydrogen-bond donors (Lipinski definition) is 1. The van der Waals surface area contributed by atoms with E-state index in [0.29, 0.717) is 0 Å². The number of aliphatic hydroxyl groups excluding tert-OH is 1. The predicted molar refractivity (Wildman–Crippen MR) is 59.1 cm³/mol. The van der Waals surface area contributed by atoms with Gasteiger partial charge in [0.25, 0.3) is 0 Å². The van der Waals surface area contributed by atoms with E-state index in [0.717, 1.165) is 12.1 Å². The molecule has 1 aliphatic rings. The van der Waals surface area contributed by atoms with Gasteiger partial charge in [0.2, 0.25) is 0 Å². The second kappa shape index (κ2) is 4.48. The average molecular weight is 256 g/mol. The lowest BCUT2D eigenvalue weighted by atomic mass is 9.84. The van der Waals surface area contributed by atoms with Gasteiger partial charge in [-0.05, 0) is 17.5 Å². The van der Waals surface area contributed by atoms with Crippen LogP contribution >= 0.6 is 0 Å². The maximum Gasteiger partial charge on any atom is 0.416 e. The Morgan fingerprint density at radius 3 is 2.44 bits per heavy atom. The third-order valence-electron chi connectivity index (χ3n) is 2.94. The number of ketones is 1. The molecule has 0 amide bonds. The van der Waals surface area contributed by atoms with Gasteiger partial charge in [0.05, 0.1) is 11.3 Å². The van der Waals surface area contributed by atoms with Crippen LogP contribution in [0.5, 0.6) is 0 Å². The van der Waals surface area contributed by atoms with Crippen molar-refractivity contribution in [3.05, 3.63) is 47.2 Å². The summed E-state index contributed by atoms with van der Waals surface area (Å²) in [6.07, 6.45) is -3.31. The van der Waals surface area contributed by atoms with Crippen LogP contribution in [0.4, 0.5) is 13.2 Å². The molecule has 0 spiro atoms. The molecule has 1 atom stereocenters. The SMILES string of the molecule is O=C1C=C(O)C[C@@H](c2ccccc2C(F)(F)F)C1. The molecular weight excluding hydrogens is 245 g/mol. The summed E-state index contributed by atoms with van der Waals surface area (Å²) in [6.45, 7) is 0. The van der Waals surface area contributed by atoms with E-state index in [2.05, 4.69) is 0 Å². The van der Waals surface area contributed by atoms with Crippen LogP contribution in [-0.2, 0) is 11.0 Å². The Labute approximate surface area is 102 Å². The topological polar surface area (TPSA) is 37.3 Å². The molecule has 0 aromatic heterocycles. The van der Waals surface area contributed by atoms with Crippen molar-refractivity contribution in [1.29, 1.82) is 0 Å². The van der Waals surface area contributed by atoms with Crippen LogP contribution in [0.25, 0.3) is 0 Å². The van der Waals surface area contributed by atoms with Crippen molar-refractivity contribution < 1.29 is 23.1 Å². The zero-order valence-corrected chi connectivity index (χ0v) is 9.37. The van der Waals surface area contributed by atoms with Crippen molar-refractivity contribution in [1.82, 2.24) is 0 Å². The Hall–Kier alpha value is -1.78. The van der Waals surface area contributed by atoms with Gasteiger partial charge in [0, 0.05) is 18.9 Å². The predicted octanol–water partition coefficient (Wildman–Crippen LogP) is 3.59. The monoisotopic (exact) mass is 256 g/mol. The van der Waals surface area contributed by atoms with Crippen molar-refractivity contribution in [3.63, 3.8) is 0 Å². The highest BCUT2D eigenvalue weighted by Gasteiger charge is 2.36. The number of benzene rings is 1. The number of carbonyl (C=O) groups is 1. The molecule has 0 saturated carbocycles. The molecule has 1 aromatic carbocycles. The van der Waals surface area contributed by atoms with Gasteiger partial charge in [0.1, 0.15) is 0 Å². The fraction of sp³-hybridized carbons (Fsp3) is 0.308. The van der Waals surface area contributed by atoms with E-state index >= 15 is 0 Å². The number of aliphatic hydroxyl groups is 1. The maximum atomic E-state index is 12.8. The highest BCUT2D eigenvalue weighted by molar-refractivity contribution is 5.91. The maximum absolute atomic E-state index is 12.8. The second-order valence-electron chi connectivity index (χ2n) is 4.29. The molecular formula is C13H11F3O2. The summed E-state index contributed by atoms with van der Waals surface area (Å²) in [5.74, 6) is -1.12. The average Bonchev–Trinajstić information content (AvgIpc) is 2.26. The highest BCUT2D eigenvalue weighted by Crippen LogP contribution is 2.39. The van der Waals surface area contributed by atoms with Gasteiger partial charge in [-0.1, -0.05) is 18.2 Å². The summed E-state index contributed by atoms with van der Waals surface area (Å²) >= 11 is 0. The molecule has 0 fully saturated rings. The molecule has 0 unspecified atom stereocenters.